The van der Waals surface area contributed by atoms with E-state index in [9.17, 15) is 18.0 Å². The Morgan fingerprint density at radius 3 is 2.44 bits per heavy atom. The Bertz CT molecular complexity index is 454. The summed E-state index contributed by atoms with van der Waals surface area (Å²) in [6, 6.07) is 0. The molecule has 1 aromatic heterocycles. The lowest BCUT2D eigenvalue weighted by molar-refractivity contribution is -0.141. The van der Waals surface area contributed by atoms with Gasteiger partial charge in [-0.25, -0.2) is 4.98 Å². The number of halogens is 3. The van der Waals surface area contributed by atoms with Gasteiger partial charge in [0.25, 0.3) is 5.91 Å². The number of amides is 1. The third-order valence-electron chi connectivity index (χ3n) is 2.39. The molecule has 1 saturated heterocycles. The van der Waals surface area contributed by atoms with Crippen molar-refractivity contribution in [3.05, 3.63) is 10.6 Å². The van der Waals surface area contributed by atoms with Crippen LogP contribution in [0.5, 0.6) is 0 Å². The van der Waals surface area contributed by atoms with Crippen LogP contribution in [-0.4, -0.2) is 37.2 Å². The lowest BCUT2D eigenvalue weighted by Crippen LogP contribution is -2.36. The van der Waals surface area contributed by atoms with E-state index in [4.69, 9.17) is 10.5 Å². The van der Waals surface area contributed by atoms with E-state index in [1.165, 1.54) is 0 Å². The number of thiazole rings is 1. The molecule has 18 heavy (non-hydrogen) atoms. The molecule has 1 aliphatic rings. The molecular formula is C9H10F3N3O2S. The molecule has 1 aromatic rings. The van der Waals surface area contributed by atoms with E-state index in [-0.39, 0.29) is 5.13 Å². The maximum absolute atomic E-state index is 12.7. The van der Waals surface area contributed by atoms with Gasteiger partial charge in [-0.2, -0.15) is 13.2 Å². The number of hydrogen-bond acceptors (Lipinski definition) is 5. The van der Waals surface area contributed by atoms with Gasteiger partial charge in [0.05, 0.1) is 13.2 Å². The molecule has 9 heteroatoms. The number of anilines is 1. The Balaban J connectivity index is 2.35. The van der Waals surface area contributed by atoms with Crippen molar-refractivity contribution in [1.82, 2.24) is 4.98 Å². The monoisotopic (exact) mass is 281 g/mol. The van der Waals surface area contributed by atoms with Crippen molar-refractivity contribution in [2.45, 2.75) is 6.18 Å². The quantitative estimate of drug-likeness (QED) is 0.881. The summed E-state index contributed by atoms with van der Waals surface area (Å²) in [6.45, 7) is 1.74. The molecule has 0 aliphatic carbocycles. The summed E-state index contributed by atoms with van der Waals surface area (Å²) in [5.41, 5.74) is 3.74. The number of carbonyl (C=O) groups excluding carboxylic acids is 1. The van der Waals surface area contributed by atoms with E-state index in [2.05, 4.69) is 4.98 Å². The van der Waals surface area contributed by atoms with Gasteiger partial charge in [0, 0.05) is 13.1 Å². The highest BCUT2D eigenvalue weighted by Gasteiger charge is 2.39. The van der Waals surface area contributed by atoms with Gasteiger partial charge in [-0.15, -0.1) is 0 Å². The van der Waals surface area contributed by atoms with Crippen molar-refractivity contribution < 1.29 is 22.7 Å². The highest BCUT2D eigenvalue weighted by molar-refractivity contribution is 7.17. The number of nitrogens with two attached hydrogens (primary N) is 1. The van der Waals surface area contributed by atoms with E-state index in [0.717, 1.165) is 0 Å². The molecule has 100 valence electrons. The topological polar surface area (TPSA) is 68.5 Å². The molecule has 2 N–H and O–H groups in total. The second kappa shape index (κ2) is 4.73. The molecule has 2 heterocycles. The average Bonchev–Trinajstić information content (AvgIpc) is 2.74. The SMILES string of the molecule is NC(=O)c1sc(N2CCOCC2)nc1C(F)(F)F. The molecule has 1 aliphatic heterocycles. The van der Waals surface area contributed by atoms with Crippen LogP contribution < -0.4 is 10.6 Å². The predicted octanol–water partition coefficient (Wildman–Crippen LogP) is 1.10. The summed E-state index contributed by atoms with van der Waals surface area (Å²) in [5, 5.41) is 0.152. The van der Waals surface area contributed by atoms with Gasteiger partial charge >= 0.3 is 6.18 Å². The fourth-order valence-corrected chi connectivity index (χ4v) is 2.55. The zero-order chi connectivity index (χ0) is 13.3. The number of carbonyl (C=O) groups is 1. The normalized spacial score (nSPS) is 16.9. The van der Waals surface area contributed by atoms with Crippen LogP contribution in [0.1, 0.15) is 15.4 Å². The number of aromatic nitrogens is 1. The molecule has 2 rings (SSSR count). The van der Waals surface area contributed by atoms with Gasteiger partial charge < -0.3 is 15.4 Å². The molecule has 1 amide bonds. The summed E-state index contributed by atoms with van der Waals surface area (Å²) in [5.74, 6) is -1.11. The summed E-state index contributed by atoms with van der Waals surface area (Å²) in [6.07, 6.45) is -4.68. The zero-order valence-electron chi connectivity index (χ0n) is 9.16. The fraction of sp³-hybridized carbons (Fsp3) is 0.556. The Labute approximate surface area is 104 Å². The largest absolute Gasteiger partial charge is 0.435 e. The van der Waals surface area contributed by atoms with Gasteiger partial charge in [0.1, 0.15) is 4.88 Å². The zero-order valence-corrected chi connectivity index (χ0v) is 9.98. The summed E-state index contributed by atoms with van der Waals surface area (Å²) in [4.78, 5) is 15.6. The van der Waals surface area contributed by atoms with Gasteiger partial charge in [-0.1, -0.05) is 11.3 Å². The molecule has 0 bridgehead atoms. The van der Waals surface area contributed by atoms with E-state index in [1.807, 2.05) is 0 Å². The van der Waals surface area contributed by atoms with Crippen LogP contribution in [0, 0.1) is 0 Å². The van der Waals surface area contributed by atoms with Gasteiger partial charge in [0.15, 0.2) is 10.8 Å². The summed E-state index contributed by atoms with van der Waals surface area (Å²) < 4.78 is 43.1. The first-order valence-corrected chi connectivity index (χ1v) is 5.92. The first kappa shape index (κ1) is 13.1. The number of rotatable bonds is 2. The van der Waals surface area contributed by atoms with E-state index in [0.29, 0.717) is 37.6 Å². The second-order valence-electron chi connectivity index (χ2n) is 3.64. The number of morpholine rings is 1. The number of nitrogens with zero attached hydrogens (tertiary/aromatic N) is 2. The molecule has 0 aromatic carbocycles. The minimum atomic E-state index is -4.68. The van der Waals surface area contributed by atoms with Crippen molar-refractivity contribution in [3.63, 3.8) is 0 Å². The molecule has 0 radical (unpaired) electrons. The van der Waals surface area contributed by atoms with Crippen LogP contribution >= 0.6 is 11.3 Å². The maximum atomic E-state index is 12.7. The number of ether oxygens (including phenoxy) is 1. The Morgan fingerprint density at radius 2 is 2.00 bits per heavy atom. The lowest BCUT2D eigenvalue weighted by atomic mass is 10.3. The molecule has 0 unspecified atom stereocenters. The van der Waals surface area contributed by atoms with E-state index >= 15 is 0 Å². The van der Waals surface area contributed by atoms with Gasteiger partial charge in [-0.05, 0) is 0 Å². The minimum absolute atomic E-state index is 0.152. The van der Waals surface area contributed by atoms with Crippen LogP contribution in [0.4, 0.5) is 18.3 Å². The van der Waals surface area contributed by atoms with Crippen molar-refractivity contribution >= 4 is 22.4 Å². The van der Waals surface area contributed by atoms with Crippen LogP contribution in [0.2, 0.25) is 0 Å². The minimum Gasteiger partial charge on any atom is -0.378 e. The molecular weight excluding hydrogens is 271 g/mol. The van der Waals surface area contributed by atoms with E-state index < -0.39 is 22.7 Å². The third kappa shape index (κ3) is 2.56. The van der Waals surface area contributed by atoms with Gasteiger partial charge in [-0.3, -0.25) is 4.79 Å². The number of alkyl halides is 3. The maximum Gasteiger partial charge on any atom is 0.435 e. The number of primary amides is 1. The van der Waals surface area contributed by atoms with Crippen LogP contribution in [0.3, 0.4) is 0 Å². The highest BCUT2D eigenvalue weighted by Crippen LogP contribution is 2.37. The molecule has 0 atom stereocenters. The smallest absolute Gasteiger partial charge is 0.378 e. The van der Waals surface area contributed by atoms with Crippen LogP contribution in [0.25, 0.3) is 0 Å². The Kier molecular flexibility index (Phi) is 3.44. The van der Waals surface area contributed by atoms with E-state index in [1.54, 1.807) is 4.90 Å². The molecule has 0 saturated carbocycles. The van der Waals surface area contributed by atoms with Gasteiger partial charge in [0.2, 0.25) is 0 Å². The van der Waals surface area contributed by atoms with Crippen molar-refractivity contribution in [1.29, 1.82) is 0 Å². The first-order chi connectivity index (χ1) is 8.39. The molecule has 0 spiro atoms. The molecule has 5 nitrogen and oxygen atoms in total. The Hall–Kier alpha value is -1.35. The highest BCUT2D eigenvalue weighted by atomic mass is 32.1. The van der Waals surface area contributed by atoms with Crippen molar-refractivity contribution in [2.24, 2.45) is 5.73 Å². The first-order valence-electron chi connectivity index (χ1n) is 5.10. The lowest BCUT2D eigenvalue weighted by Gasteiger charge is -2.26. The molecule has 1 fully saturated rings. The summed E-state index contributed by atoms with van der Waals surface area (Å²) in [7, 11) is 0. The van der Waals surface area contributed by atoms with Crippen molar-refractivity contribution in [3.8, 4) is 0 Å². The number of hydrogen-bond donors (Lipinski definition) is 1. The average molecular weight is 281 g/mol. The fourth-order valence-electron chi connectivity index (χ4n) is 1.56. The standard InChI is InChI=1S/C9H10F3N3O2S/c10-9(11,12)6-5(7(13)16)18-8(14-6)15-1-3-17-4-2-15/h1-4H2,(H2,13,16). The second-order valence-corrected chi connectivity index (χ2v) is 4.61. The van der Waals surface area contributed by atoms with Crippen LogP contribution in [0.15, 0.2) is 0 Å². The van der Waals surface area contributed by atoms with Crippen molar-refractivity contribution in [2.75, 3.05) is 31.2 Å². The van der Waals surface area contributed by atoms with Crippen LogP contribution in [-0.2, 0) is 10.9 Å². The third-order valence-corrected chi connectivity index (χ3v) is 3.52. The Morgan fingerprint density at radius 1 is 1.39 bits per heavy atom. The summed E-state index contributed by atoms with van der Waals surface area (Å²) >= 11 is 0.666. The predicted molar refractivity (Wildman–Crippen MR) is 58.7 cm³/mol.